The zero-order chi connectivity index (χ0) is 50.0. The molecule has 0 fully saturated rings. The van der Waals surface area contributed by atoms with Gasteiger partial charge in [-0.15, -0.1) is 0 Å². The summed E-state index contributed by atoms with van der Waals surface area (Å²) in [5.41, 5.74) is 19.1. The fraction of sp³-hybridized carbons (Fsp3) is 0.0923. The number of aromatic amines is 1. The Morgan fingerprint density at radius 1 is 0.569 bits per heavy atom. The lowest BCUT2D eigenvalue weighted by Gasteiger charge is -2.25. The Morgan fingerprint density at radius 3 is 1.42 bits per heavy atom. The lowest BCUT2D eigenvalue weighted by molar-refractivity contribution is -0.132. The van der Waals surface area contributed by atoms with E-state index in [0.717, 1.165) is 109 Å². The number of para-hydroxylation sites is 4. The maximum atomic E-state index is 11.7. The minimum atomic E-state index is -1.26. The predicted molar refractivity (Wildman–Crippen MR) is 299 cm³/mol. The number of nitrogens with zero attached hydrogens (tertiary/aromatic N) is 4. The molecule has 8 aromatic rings. The van der Waals surface area contributed by atoms with Crippen LogP contribution in [0.3, 0.4) is 0 Å². The van der Waals surface area contributed by atoms with E-state index in [2.05, 4.69) is 212 Å². The van der Waals surface area contributed by atoms with Gasteiger partial charge in [0.05, 0.1) is 17.1 Å². The second-order valence-corrected chi connectivity index (χ2v) is 17.5. The molecule has 7 heteroatoms. The van der Waals surface area contributed by atoms with Crippen LogP contribution < -0.4 is 9.80 Å². The van der Waals surface area contributed by atoms with Crippen LogP contribution in [-0.2, 0) is 11.2 Å². The summed E-state index contributed by atoms with van der Waals surface area (Å²) in [5.74, 6) is -1.26. The van der Waals surface area contributed by atoms with E-state index in [0.29, 0.717) is 5.56 Å². The average molecular weight is 938 g/mol. The van der Waals surface area contributed by atoms with Crippen molar-refractivity contribution in [3.63, 3.8) is 0 Å². The van der Waals surface area contributed by atoms with E-state index < -0.39 is 5.97 Å². The van der Waals surface area contributed by atoms with Gasteiger partial charge in [-0.05, 0) is 162 Å². The molecule has 72 heavy (non-hydrogen) atoms. The molecule has 1 aromatic heterocycles. The number of aliphatic carboxylic acids is 1. The van der Waals surface area contributed by atoms with Crippen LogP contribution in [0, 0.1) is 18.3 Å². The predicted octanol–water partition coefficient (Wildman–Crippen LogP) is 16.6. The first kappa shape index (κ1) is 47.8. The fourth-order valence-corrected chi connectivity index (χ4v) is 9.42. The van der Waals surface area contributed by atoms with Gasteiger partial charge in [0.2, 0.25) is 0 Å². The number of allylic oxidation sites excluding steroid dienone is 3. The second kappa shape index (κ2) is 22.0. The number of carboxylic acids is 1. The lowest BCUT2D eigenvalue weighted by atomic mass is 9.92. The lowest BCUT2D eigenvalue weighted by Crippen LogP contribution is -2.09. The number of aromatic nitrogens is 1. The van der Waals surface area contributed by atoms with E-state index in [1.54, 1.807) is 6.07 Å². The molecule has 7 aromatic carbocycles. The maximum absolute atomic E-state index is 11.7. The number of carbonyl (C=O) groups is 1. The van der Waals surface area contributed by atoms with Crippen LogP contribution in [0.5, 0.6) is 0 Å². The molecule has 1 aliphatic heterocycles. The van der Waals surface area contributed by atoms with Crippen molar-refractivity contribution in [2.75, 3.05) is 9.80 Å². The maximum Gasteiger partial charge on any atom is 0.346 e. The van der Waals surface area contributed by atoms with Crippen molar-refractivity contribution in [3.05, 3.63) is 267 Å². The summed E-state index contributed by atoms with van der Waals surface area (Å²) in [6, 6.07) is 68.3. The molecule has 9 rings (SSSR count). The number of hydrogen-bond donors (Lipinski definition) is 2. The van der Waals surface area contributed by atoms with E-state index in [1.165, 1.54) is 11.6 Å². The van der Waals surface area contributed by atoms with Crippen molar-refractivity contribution in [2.24, 2.45) is 4.99 Å². The molecule has 352 valence electrons. The van der Waals surface area contributed by atoms with Crippen molar-refractivity contribution in [3.8, 4) is 6.07 Å². The van der Waals surface area contributed by atoms with E-state index in [9.17, 15) is 15.2 Å². The molecule has 2 heterocycles. The number of nitrogens with one attached hydrogen (secondary N) is 1. The van der Waals surface area contributed by atoms with E-state index >= 15 is 0 Å². The first-order valence-electron chi connectivity index (χ1n) is 24.3. The summed E-state index contributed by atoms with van der Waals surface area (Å²) < 4.78 is 0. The number of carboxylic acid groups (broad SMARTS) is 1. The van der Waals surface area contributed by atoms with Crippen LogP contribution in [0.2, 0.25) is 0 Å². The number of nitriles is 1. The molecule has 0 saturated carbocycles. The Balaban J connectivity index is 1.08. The van der Waals surface area contributed by atoms with E-state index in [4.69, 9.17) is 4.99 Å². The molecule has 1 aliphatic rings. The third-order valence-electron chi connectivity index (χ3n) is 13.1. The standard InChI is InChI=1S/C65H55N5O2/c1-5-58-45(3)63(67-60(58)41-33-47-29-37-56(38-30-47)69(52-19-11-7-12-20-52)53-21-13-8-14-22-53)62(50-35-27-49(28-36-50)43-51(44-66)65(71)72)64-46(4)59(6-2)61(68-64)42-34-48-31-39-57(40-32-48)70(54-23-15-9-16-24-54)55-25-17-10-18-26-55/h7-43,67H,5-6H2,1-4H3,(H,71,72)/b41-33+,42-34+,51-43+,64-62-. The third kappa shape index (κ3) is 10.4. The summed E-state index contributed by atoms with van der Waals surface area (Å²) in [7, 11) is 0. The van der Waals surface area contributed by atoms with Crippen LogP contribution in [0.1, 0.15) is 72.0 Å². The Bertz CT molecular complexity index is 3350. The molecule has 0 atom stereocenters. The summed E-state index contributed by atoms with van der Waals surface area (Å²) in [5, 5.41) is 19.1. The zero-order valence-electron chi connectivity index (χ0n) is 40.9. The normalized spacial score (nSPS) is 13.4. The second-order valence-electron chi connectivity index (χ2n) is 17.5. The largest absolute Gasteiger partial charge is 0.477 e. The highest BCUT2D eigenvalue weighted by molar-refractivity contribution is 6.15. The Kier molecular flexibility index (Phi) is 14.6. The Hall–Kier alpha value is -9.25. The van der Waals surface area contributed by atoms with Gasteiger partial charge in [0, 0.05) is 45.4 Å². The van der Waals surface area contributed by atoms with Crippen molar-refractivity contribution in [1.82, 2.24) is 4.98 Å². The molecule has 0 amide bonds. The highest BCUT2D eigenvalue weighted by Gasteiger charge is 2.26. The Labute approximate surface area is 422 Å². The van der Waals surface area contributed by atoms with Gasteiger partial charge in [-0.2, -0.15) is 5.26 Å². The number of anilines is 6. The average Bonchev–Trinajstić information content (AvgIpc) is 3.92. The smallest absolute Gasteiger partial charge is 0.346 e. The van der Waals surface area contributed by atoms with Gasteiger partial charge in [-0.1, -0.05) is 147 Å². The number of H-pyrrole nitrogens is 1. The van der Waals surface area contributed by atoms with Crippen molar-refractivity contribution >= 4 is 75.7 Å². The minimum Gasteiger partial charge on any atom is -0.477 e. The first-order chi connectivity index (χ1) is 35.2. The fourth-order valence-electron chi connectivity index (χ4n) is 9.42. The topological polar surface area (TPSA) is 95.7 Å². The molecule has 2 N–H and O–H groups in total. The third-order valence-corrected chi connectivity index (χ3v) is 13.1. The van der Waals surface area contributed by atoms with Crippen LogP contribution >= 0.6 is 0 Å². The molecule has 0 saturated heterocycles. The summed E-state index contributed by atoms with van der Waals surface area (Å²) in [6.07, 6.45) is 11.6. The van der Waals surface area contributed by atoms with Gasteiger partial charge >= 0.3 is 5.97 Å². The summed E-state index contributed by atoms with van der Waals surface area (Å²) >= 11 is 0. The van der Waals surface area contributed by atoms with Crippen LogP contribution in [0.15, 0.2) is 228 Å². The Morgan fingerprint density at radius 2 is 1.00 bits per heavy atom. The molecule has 7 nitrogen and oxygen atoms in total. The number of benzene rings is 7. The molecule has 0 unspecified atom stereocenters. The SMILES string of the molecule is CCC1=C(C)/C(=C(\c2ccc(/C=C(\C#N)C(=O)O)cc2)c2[nH]c(/C=C/c3ccc(N(c4ccccc4)c4ccccc4)cc3)c(CC)c2C)N=C1/C=C/c1ccc(N(c2ccccc2)c2ccccc2)cc1. The van der Waals surface area contributed by atoms with Crippen molar-refractivity contribution in [1.29, 1.82) is 5.26 Å². The number of rotatable bonds is 16. The highest BCUT2D eigenvalue weighted by atomic mass is 16.4. The van der Waals surface area contributed by atoms with Gasteiger partial charge in [-0.25, -0.2) is 9.79 Å². The summed E-state index contributed by atoms with van der Waals surface area (Å²) in [6.45, 7) is 8.67. The number of aliphatic imine (C=N–C) groups is 1. The van der Waals surface area contributed by atoms with Crippen molar-refractivity contribution < 1.29 is 9.90 Å². The molecule has 0 radical (unpaired) electrons. The first-order valence-corrected chi connectivity index (χ1v) is 24.3. The molecular formula is C65H55N5O2. The minimum absolute atomic E-state index is 0.326. The van der Waals surface area contributed by atoms with Crippen LogP contribution in [0.4, 0.5) is 34.1 Å². The van der Waals surface area contributed by atoms with Gasteiger partial charge < -0.3 is 19.9 Å². The van der Waals surface area contributed by atoms with Gasteiger partial charge in [0.25, 0.3) is 0 Å². The van der Waals surface area contributed by atoms with Gasteiger partial charge in [0.15, 0.2) is 0 Å². The zero-order valence-corrected chi connectivity index (χ0v) is 40.9. The van der Waals surface area contributed by atoms with E-state index in [-0.39, 0.29) is 5.57 Å². The quantitative estimate of drug-likeness (QED) is 0.0743. The van der Waals surface area contributed by atoms with Crippen molar-refractivity contribution in [2.45, 2.75) is 40.5 Å². The summed E-state index contributed by atoms with van der Waals surface area (Å²) in [4.78, 5) is 25.5. The van der Waals surface area contributed by atoms with Gasteiger partial charge in [0.1, 0.15) is 11.6 Å². The van der Waals surface area contributed by atoms with Gasteiger partial charge in [-0.3, -0.25) is 0 Å². The van der Waals surface area contributed by atoms with Crippen LogP contribution in [-0.4, -0.2) is 21.8 Å². The highest BCUT2D eigenvalue weighted by Crippen LogP contribution is 2.41. The van der Waals surface area contributed by atoms with E-state index in [1.807, 2.05) is 48.5 Å². The molecular weight excluding hydrogens is 883 g/mol. The van der Waals surface area contributed by atoms with Crippen LogP contribution in [0.25, 0.3) is 29.9 Å². The molecule has 0 spiro atoms. The molecule has 0 aliphatic carbocycles. The molecule has 0 bridgehead atoms. The number of hydrogen-bond acceptors (Lipinski definition) is 5. The monoisotopic (exact) mass is 937 g/mol.